The number of hydrogen-bond acceptors (Lipinski definition) is 8. The van der Waals surface area contributed by atoms with E-state index in [4.69, 9.17) is 9.47 Å². The second-order valence-electron chi connectivity index (χ2n) is 9.70. The van der Waals surface area contributed by atoms with Gasteiger partial charge in [0.05, 0.1) is 24.0 Å². The van der Waals surface area contributed by atoms with Crippen molar-refractivity contribution in [1.29, 1.82) is 0 Å². The predicted octanol–water partition coefficient (Wildman–Crippen LogP) is 13.1. The number of benzene rings is 1. The van der Waals surface area contributed by atoms with E-state index in [9.17, 15) is 0 Å². The van der Waals surface area contributed by atoms with Crippen LogP contribution in [0, 0.1) is 0 Å². The molecule has 0 aliphatic heterocycles. The Morgan fingerprint density at radius 2 is 0.795 bits per heavy atom. The van der Waals surface area contributed by atoms with Gasteiger partial charge in [-0.15, -0.1) is 68.0 Å². The van der Waals surface area contributed by atoms with Crippen molar-refractivity contribution in [2.75, 3.05) is 14.2 Å². The average Bonchev–Trinajstić information content (AvgIpc) is 3.90. The lowest BCUT2D eigenvalue weighted by Gasteiger charge is -2.11. The van der Waals surface area contributed by atoms with Crippen molar-refractivity contribution < 1.29 is 9.47 Å². The van der Waals surface area contributed by atoms with Crippen LogP contribution in [-0.4, -0.2) is 14.2 Å². The van der Waals surface area contributed by atoms with E-state index in [2.05, 4.69) is 119 Å². The lowest BCUT2D eigenvalue weighted by molar-refractivity contribution is 0.401. The highest BCUT2D eigenvalue weighted by atomic mass is 32.1. The highest BCUT2D eigenvalue weighted by Gasteiger charge is 2.15. The second kappa shape index (κ2) is 13.2. The van der Waals surface area contributed by atoms with Gasteiger partial charge >= 0.3 is 0 Å². The largest absolute Gasteiger partial charge is 0.496 e. The van der Waals surface area contributed by atoms with E-state index < -0.39 is 0 Å². The van der Waals surface area contributed by atoms with E-state index in [0.717, 1.165) is 22.6 Å². The van der Waals surface area contributed by atoms with Crippen LogP contribution in [0.3, 0.4) is 0 Å². The minimum absolute atomic E-state index is 0.802. The number of ether oxygens (including phenoxy) is 2. The van der Waals surface area contributed by atoms with Gasteiger partial charge in [0.2, 0.25) is 0 Å². The van der Waals surface area contributed by atoms with Crippen LogP contribution in [0.15, 0.2) is 94.3 Å². The molecule has 0 radical (unpaired) electrons. The number of methoxy groups -OCH3 is 2. The maximum Gasteiger partial charge on any atom is 0.126 e. The van der Waals surface area contributed by atoms with Crippen LogP contribution in [0.25, 0.3) is 63.3 Å². The molecule has 8 heteroatoms. The van der Waals surface area contributed by atoms with Gasteiger partial charge in [0.15, 0.2) is 0 Å². The lowest BCUT2D eigenvalue weighted by Crippen LogP contribution is -1.93. The Morgan fingerprint density at radius 3 is 1.14 bits per heavy atom. The Morgan fingerprint density at radius 1 is 0.432 bits per heavy atom. The van der Waals surface area contributed by atoms with Gasteiger partial charge in [-0.3, -0.25) is 0 Å². The summed E-state index contributed by atoms with van der Waals surface area (Å²) in [5.74, 6) is 1.60. The Kier molecular flexibility index (Phi) is 8.79. The number of thiophene rings is 6. The first kappa shape index (κ1) is 29.2. The van der Waals surface area contributed by atoms with Gasteiger partial charge in [0.25, 0.3) is 0 Å². The van der Waals surface area contributed by atoms with E-state index in [1.54, 1.807) is 59.6 Å². The van der Waals surface area contributed by atoms with Crippen molar-refractivity contribution in [3.63, 3.8) is 0 Å². The summed E-state index contributed by atoms with van der Waals surface area (Å²) in [5.41, 5.74) is 4.34. The monoisotopic (exact) mass is 682 g/mol. The fourth-order valence-electron chi connectivity index (χ4n) is 4.90. The maximum absolute atomic E-state index is 5.90. The molecule has 0 N–H and O–H groups in total. The SMILES string of the molecule is COc1cc(/C=C/c2cc(-c3cccs3)sc2-c2cccs2)c(OC)cc1/C=C/c1cc(-c2cccs2)sc1-c1cccs1. The summed E-state index contributed by atoms with van der Waals surface area (Å²) in [6.45, 7) is 0. The Balaban J connectivity index is 1.23. The molecule has 0 unspecified atom stereocenters. The molecule has 0 spiro atoms. The van der Waals surface area contributed by atoms with Crippen LogP contribution in [-0.2, 0) is 0 Å². The van der Waals surface area contributed by atoms with E-state index in [0.29, 0.717) is 0 Å². The van der Waals surface area contributed by atoms with E-state index in [-0.39, 0.29) is 0 Å². The van der Waals surface area contributed by atoms with Gasteiger partial charge in [-0.1, -0.05) is 48.6 Å². The Labute approximate surface area is 281 Å². The van der Waals surface area contributed by atoms with Crippen LogP contribution < -0.4 is 9.47 Å². The fourth-order valence-corrected chi connectivity index (χ4v) is 10.6. The van der Waals surface area contributed by atoms with Crippen molar-refractivity contribution in [1.82, 2.24) is 0 Å². The molecule has 0 atom stereocenters. The fraction of sp³-hybridized carbons (Fsp3) is 0.0556. The molecule has 6 aromatic heterocycles. The minimum atomic E-state index is 0.802. The quantitative estimate of drug-likeness (QED) is 0.143. The van der Waals surface area contributed by atoms with Crippen LogP contribution in [0.4, 0.5) is 0 Å². The molecule has 218 valence electrons. The maximum atomic E-state index is 5.90. The molecular weight excluding hydrogens is 657 g/mol. The molecule has 1 aromatic carbocycles. The second-order valence-corrected chi connectivity index (χ2v) is 15.6. The first-order chi connectivity index (χ1) is 21.7. The lowest BCUT2D eigenvalue weighted by atomic mass is 10.0. The zero-order valence-electron chi connectivity index (χ0n) is 23.8. The summed E-state index contributed by atoms with van der Waals surface area (Å²) in [6.07, 6.45) is 8.65. The van der Waals surface area contributed by atoms with Gasteiger partial charge in [0, 0.05) is 40.4 Å². The topological polar surface area (TPSA) is 18.5 Å². The number of rotatable bonds is 10. The molecule has 44 heavy (non-hydrogen) atoms. The summed E-state index contributed by atoms with van der Waals surface area (Å²) < 4.78 is 11.8. The first-order valence-electron chi connectivity index (χ1n) is 13.8. The van der Waals surface area contributed by atoms with E-state index >= 15 is 0 Å². The van der Waals surface area contributed by atoms with Crippen molar-refractivity contribution in [2.24, 2.45) is 0 Å². The van der Waals surface area contributed by atoms with Gasteiger partial charge in [-0.05, 0) is 81.2 Å². The molecule has 0 aliphatic rings. The third kappa shape index (κ3) is 6.06. The normalized spacial score (nSPS) is 11.7. The van der Waals surface area contributed by atoms with Gasteiger partial charge < -0.3 is 9.47 Å². The molecule has 0 fully saturated rings. The highest BCUT2D eigenvalue weighted by molar-refractivity contribution is 7.26. The summed E-state index contributed by atoms with van der Waals surface area (Å²) in [5, 5.41) is 8.53. The molecule has 0 aliphatic carbocycles. The Hall–Kier alpha value is -3.50. The molecule has 7 rings (SSSR count). The van der Waals surface area contributed by atoms with Crippen molar-refractivity contribution >= 4 is 92.3 Å². The average molecular weight is 683 g/mol. The number of hydrogen-bond donors (Lipinski definition) is 0. The zero-order valence-corrected chi connectivity index (χ0v) is 28.7. The van der Waals surface area contributed by atoms with Crippen molar-refractivity contribution in [2.45, 2.75) is 0 Å². The summed E-state index contributed by atoms with van der Waals surface area (Å²) in [4.78, 5) is 10.3. The van der Waals surface area contributed by atoms with E-state index in [1.807, 2.05) is 22.7 Å². The minimum Gasteiger partial charge on any atom is -0.496 e. The molecular formula is C36H26O2S6. The van der Waals surface area contributed by atoms with Gasteiger partial charge in [-0.2, -0.15) is 0 Å². The third-order valence-corrected chi connectivity index (χ3v) is 13.5. The molecule has 0 saturated carbocycles. The van der Waals surface area contributed by atoms with Gasteiger partial charge in [0.1, 0.15) is 11.5 Å². The third-order valence-electron chi connectivity index (χ3n) is 7.01. The smallest absolute Gasteiger partial charge is 0.126 e. The van der Waals surface area contributed by atoms with Crippen LogP contribution in [0.5, 0.6) is 11.5 Å². The van der Waals surface area contributed by atoms with Crippen LogP contribution in [0.2, 0.25) is 0 Å². The first-order valence-corrected chi connectivity index (χ1v) is 18.9. The zero-order chi connectivity index (χ0) is 29.9. The van der Waals surface area contributed by atoms with E-state index in [1.165, 1.54) is 50.1 Å². The van der Waals surface area contributed by atoms with Gasteiger partial charge in [-0.25, -0.2) is 0 Å². The summed E-state index contributed by atoms with van der Waals surface area (Å²) in [7, 11) is 3.45. The molecule has 0 amide bonds. The molecule has 0 saturated heterocycles. The molecule has 2 nitrogen and oxygen atoms in total. The predicted molar refractivity (Wildman–Crippen MR) is 199 cm³/mol. The van der Waals surface area contributed by atoms with Crippen LogP contribution >= 0.6 is 68.0 Å². The van der Waals surface area contributed by atoms with Crippen molar-refractivity contribution in [3.05, 3.63) is 117 Å². The Bertz CT molecular complexity index is 1870. The standard InChI is InChI=1S/C36H26O2S6/c1-37-27-19-24(12-14-26-22-34(30-8-4-16-40-30)44-36(26)32-10-6-18-42-32)28(38-2)20-23(27)11-13-25-21-33(29-7-3-15-39-29)43-35(25)31-9-5-17-41-31/h3-22H,1-2H3/b13-11+,14-12+. The molecule has 7 aromatic rings. The molecule has 0 bridgehead atoms. The molecule has 6 heterocycles. The summed E-state index contributed by atoms with van der Waals surface area (Å²) in [6, 6.07) is 25.9. The summed E-state index contributed by atoms with van der Waals surface area (Å²) >= 11 is 10.8. The van der Waals surface area contributed by atoms with Crippen LogP contribution in [0.1, 0.15) is 22.3 Å². The highest BCUT2D eigenvalue weighted by Crippen LogP contribution is 2.44. The van der Waals surface area contributed by atoms with Crippen molar-refractivity contribution in [3.8, 4) is 50.5 Å².